The van der Waals surface area contributed by atoms with Crippen LogP contribution in [0.2, 0.25) is 0 Å². The third-order valence-electron chi connectivity index (χ3n) is 5.22. The van der Waals surface area contributed by atoms with Gasteiger partial charge in [0.05, 0.1) is 17.3 Å². The molecule has 0 amide bonds. The van der Waals surface area contributed by atoms with Crippen molar-refractivity contribution in [3.8, 4) is 0 Å². The second kappa shape index (κ2) is 8.46. The summed E-state index contributed by atoms with van der Waals surface area (Å²) in [6, 6.07) is 0. The van der Waals surface area contributed by atoms with Crippen LogP contribution in [0.5, 0.6) is 0 Å². The fourth-order valence-electron chi connectivity index (χ4n) is 3.19. The highest BCUT2D eigenvalue weighted by Crippen LogP contribution is 2.30. The molecule has 0 spiro atoms. The van der Waals surface area contributed by atoms with Gasteiger partial charge in [0.2, 0.25) is 0 Å². The molecular weight excluding hydrogens is 288 g/mol. The average Bonchev–Trinajstić information content (AvgIpc) is 2.40. The minimum Gasteiger partial charge on any atom is -0.390 e. The van der Waals surface area contributed by atoms with Crippen molar-refractivity contribution in [2.75, 3.05) is 0 Å². The highest BCUT2D eigenvalue weighted by atomic mass is 16.3. The lowest BCUT2D eigenvalue weighted by Crippen LogP contribution is -2.33. The summed E-state index contributed by atoms with van der Waals surface area (Å²) in [5.74, 6) is 0.0295. The summed E-state index contributed by atoms with van der Waals surface area (Å²) < 4.78 is 0. The molecule has 3 atom stereocenters. The molecule has 1 aliphatic rings. The van der Waals surface area contributed by atoms with Crippen molar-refractivity contribution in [1.82, 2.24) is 0 Å². The van der Waals surface area contributed by atoms with Crippen molar-refractivity contribution in [3.05, 3.63) is 23.3 Å². The summed E-state index contributed by atoms with van der Waals surface area (Å²) in [5.41, 5.74) is 0.794. The molecule has 0 aromatic heterocycles. The fourth-order valence-corrected chi connectivity index (χ4v) is 3.19. The van der Waals surface area contributed by atoms with Crippen LogP contribution in [0.15, 0.2) is 23.3 Å². The standard InChI is InChI=1S/C20H36O3/c1-15-8-6-12-20(5,23)13-7-9-16(2)18(21)14-17(11-10-15)19(3,4)22/h9-10,17-18,21-23H,6-8,11-14H2,1-5H3. The molecule has 0 heterocycles. The highest BCUT2D eigenvalue weighted by Gasteiger charge is 2.29. The summed E-state index contributed by atoms with van der Waals surface area (Å²) in [7, 11) is 0. The number of hydrogen-bond donors (Lipinski definition) is 3. The number of rotatable bonds is 1. The Hall–Kier alpha value is -0.640. The van der Waals surface area contributed by atoms with E-state index in [9.17, 15) is 15.3 Å². The SMILES string of the molecule is CC1=CCC(C(C)(C)O)CC(O)C(C)=CCCC(C)(O)CCC1. The van der Waals surface area contributed by atoms with E-state index in [1.165, 1.54) is 5.57 Å². The Bertz CT molecular complexity index is 427. The molecule has 0 fully saturated rings. The Kier molecular flexibility index (Phi) is 7.50. The predicted molar refractivity (Wildman–Crippen MR) is 96.3 cm³/mol. The first-order valence-electron chi connectivity index (χ1n) is 8.96. The molecule has 0 radical (unpaired) electrons. The van der Waals surface area contributed by atoms with Gasteiger partial charge in [-0.2, -0.15) is 0 Å². The second-order valence-corrected chi connectivity index (χ2v) is 8.23. The minimum absolute atomic E-state index is 0.0295. The number of hydrogen-bond acceptors (Lipinski definition) is 3. The van der Waals surface area contributed by atoms with E-state index in [1.807, 2.05) is 33.8 Å². The van der Waals surface area contributed by atoms with E-state index in [1.54, 1.807) is 0 Å². The van der Waals surface area contributed by atoms with Crippen molar-refractivity contribution in [2.45, 2.75) is 96.9 Å². The lowest BCUT2D eigenvalue weighted by Gasteiger charge is -2.31. The van der Waals surface area contributed by atoms with Gasteiger partial charge in [0.25, 0.3) is 0 Å². The lowest BCUT2D eigenvalue weighted by molar-refractivity contribution is -0.00140. The molecule has 0 aliphatic heterocycles. The van der Waals surface area contributed by atoms with Gasteiger partial charge in [0.1, 0.15) is 0 Å². The molecular formula is C20H36O3. The van der Waals surface area contributed by atoms with Crippen LogP contribution in [0, 0.1) is 5.92 Å². The maximum Gasteiger partial charge on any atom is 0.0751 e. The molecule has 3 N–H and O–H groups in total. The van der Waals surface area contributed by atoms with Gasteiger partial charge in [0.15, 0.2) is 0 Å². The van der Waals surface area contributed by atoms with Crippen LogP contribution in [0.1, 0.15) is 79.6 Å². The number of aliphatic hydroxyl groups is 3. The average molecular weight is 325 g/mol. The van der Waals surface area contributed by atoms with Crippen LogP contribution in [0.25, 0.3) is 0 Å². The molecule has 3 nitrogen and oxygen atoms in total. The fraction of sp³-hybridized carbons (Fsp3) is 0.800. The summed E-state index contributed by atoms with van der Waals surface area (Å²) >= 11 is 0. The van der Waals surface area contributed by atoms with Gasteiger partial charge in [0, 0.05) is 0 Å². The zero-order valence-electron chi connectivity index (χ0n) is 15.6. The molecule has 0 bridgehead atoms. The first kappa shape index (κ1) is 20.4. The summed E-state index contributed by atoms with van der Waals surface area (Å²) in [5, 5.41) is 31.3. The largest absolute Gasteiger partial charge is 0.390 e. The van der Waals surface area contributed by atoms with E-state index in [-0.39, 0.29) is 5.92 Å². The van der Waals surface area contributed by atoms with Crippen LogP contribution in [-0.2, 0) is 0 Å². The third-order valence-corrected chi connectivity index (χ3v) is 5.22. The van der Waals surface area contributed by atoms with Crippen LogP contribution < -0.4 is 0 Å². The summed E-state index contributed by atoms with van der Waals surface area (Å²) in [6.07, 6.45) is 9.27. The van der Waals surface area contributed by atoms with Gasteiger partial charge in [-0.1, -0.05) is 17.7 Å². The van der Waals surface area contributed by atoms with Gasteiger partial charge < -0.3 is 15.3 Å². The summed E-state index contributed by atoms with van der Waals surface area (Å²) in [4.78, 5) is 0. The Morgan fingerprint density at radius 1 is 1.17 bits per heavy atom. The monoisotopic (exact) mass is 324 g/mol. The molecule has 0 saturated heterocycles. The van der Waals surface area contributed by atoms with Crippen LogP contribution >= 0.6 is 0 Å². The lowest BCUT2D eigenvalue weighted by atomic mass is 9.81. The number of allylic oxidation sites excluding steroid dienone is 3. The molecule has 0 saturated carbocycles. The molecule has 134 valence electrons. The van der Waals surface area contributed by atoms with Crippen LogP contribution in [-0.4, -0.2) is 32.6 Å². The summed E-state index contributed by atoms with van der Waals surface area (Å²) in [6.45, 7) is 9.61. The van der Waals surface area contributed by atoms with E-state index >= 15 is 0 Å². The third kappa shape index (κ3) is 7.65. The molecule has 1 rings (SSSR count). The quantitative estimate of drug-likeness (QED) is 0.636. The zero-order valence-corrected chi connectivity index (χ0v) is 15.6. The molecule has 1 aliphatic carbocycles. The van der Waals surface area contributed by atoms with Gasteiger partial charge in [-0.3, -0.25) is 0 Å². The maximum atomic E-state index is 10.5. The Morgan fingerprint density at radius 2 is 1.83 bits per heavy atom. The Morgan fingerprint density at radius 3 is 2.43 bits per heavy atom. The van der Waals surface area contributed by atoms with Gasteiger partial charge in [-0.05, 0) is 91.1 Å². The van der Waals surface area contributed by atoms with Crippen molar-refractivity contribution in [3.63, 3.8) is 0 Å². The number of aliphatic hydroxyl groups excluding tert-OH is 1. The van der Waals surface area contributed by atoms with Crippen molar-refractivity contribution in [2.24, 2.45) is 5.92 Å². The predicted octanol–water partition coefficient (Wildman–Crippen LogP) is 4.12. The second-order valence-electron chi connectivity index (χ2n) is 8.23. The first-order valence-corrected chi connectivity index (χ1v) is 8.96. The van der Waals surface area contributed by atoms with Gasteiger partial charge >= 0.3 is 0 Å². The van der Waals surface area contributed by atoms with E-state index in [0.29, 0.717) is 6.42 Å². The molecule has 0 aromatic carbocycles. The van der Waals surface area contributed by atoms with Gasteiger partial charge in [-0.25, -0.2) is 0 Å². The Balaban J connectivity index is 2.93. The van der Waals surface area contributed by atoms with E-state index in [0.717, 1.165) is 44.1 Å². The Labute approximate surface area is 142 Å². The zero-order chi connectivity index (χ0) is 17.7. The topological polar surface area (TPSA) is 60.7 Å². The van der Waals surface area contributed by atoms with E-state index < -0.39 is 17.3 Å². The van der Waals surface area contributed by atoms with Crippen molar-refractivity contribution < 1.29 is 15.3 Å². The normalized spacial score (nSPS) is 32.7. The first-order chi connectivity index (χ1) is 10.5. The minimum atomic E-state index is -0.807. The van der Waals surface area contributed by atoms with Crippen molar-refractivity contribution in [1.29, 1.82) is 0 Å². The van der Waals surface area contributed by atoms with E-state index in [4.69, 9.17) is 0 Å². The van der Waals surface area contributed by atoms with Crippen LogP contribution in [0.3, 0.4) is 0 Å². The van der Waals surface area contributed by atoms with Gasteiger partial charge in [-0.15, -0.1) is 0 Å². The van der Waals surface area contributed by atoms with Crippen LogP contribution in [0.4, 0.5) is 0 Å². The molecule has 3 heteroatoms. The maximum absolute atomic E-state index is 10.5. The van der Waals surface area contributed by atoms with E-state index in [2.05, 4.69) is 13.0 Å². The van der Waals surface area contributed by atoms with Crippen molar-refractivity contribution >= 4 is 0 Å². The molecule has 23 heavy (non-hydrogen) atoms. The molecule has 3 unspecified atom stereocenters. The smallest absolute Gasteiger partial charge is 0.0751 e. The highest BCUT2D eigenvalue weighted by molar-refractivity contribution is 5.07. The molecule has 0 aromatic rings.